The van der Waals surface area contributed by atoms with Crippen molar-refractivity contribution >= 4 is 11.5 Å². The van der Waals surface area contributed by atoms with Crippen molar-refractivity contribution in [3.63, 3.8) is 0 Å². The van der Waals surface area contributed by atoms with Crippen LogP contribution in [0.4, 0.5) is 4.39 Å². The summed E-state index contributed by atoms with van der Waals surface area (Å²) in [4.78, 5) is 3.43. The Labute approximate surface area is 174 Å². The average Bonchev–Trinajstić information content (AvgIpc) is 3.29. The summed E-state index contributed by atoms with van der Waals surface area (Å²) in [5.74, 6) is -0.502. The molecule has 4 nitrogen and oxygen atoms in total. The Kier molecular flexibility index (Phi) is 5.22. The third-order valence-electron chi connectivity index (χ3n) is 5.72. The molecule has 0 spiro atoms. The number of nitrogens with zero attached hydrogens (tertiary/aromatic N) is 3. The fourth-order valence-corrected chi connectivity index (χ4v) is 4.72. The zero-order chi connectivity index (χ0) is 20.6. The molecule has 1 aromatic heterocycles. The Balaban J connectivity index is 1.79. The molecule has 1 saturated heterocycles. The molecular weight excluding hydrogens is 383 g/mol. The van der Waals surface area contributed by atoms with Gasteiger partial charge < -0.3 is 5.73 Å². The molecule has 1 atom stereocenters. The van der Waals surface area contributed by atoms with Gasteiger partial charge in [-0.25, -0.2) is 8.76 Å². The topological polar surface area (TPSA) is 65.9 Å². The van der Waals surface area contributed by atoms with Crippen LogP contribution >= 0.6 is 11.5 Å². The molecule has 3 aromatic rings. The number of nitriles is 1. The highest BCUT2D eigenvalue weighted by Crippen LogP contribution is 2.39. The molecule has 148 valence electrons. The smallest absolute Gasteiger partial charge is 0.141 e. The van der Waals surface area contributed by atoms with Gasteiger partial charge in [0.1, 0.15) is 11.9 Å². The molecule has 2 aromatic carbocycles. The molecule has 0 unspecified atom stereocenters. The fraction of sp³-hybridized carbons (Fsp3) is 0.304. The molecule has 4 rings (SSSR count). The molecule has 0 saturated carbocycles. The van der Waals surface area contributed by atoms with Gasteiger partial charge in [0.25, 0.3) is 0 Å². The van der Waals surface area contributed by atoms with Crippen molar-refractivity contribution in [1.29, 1.82) is 5.26 Å². The first-order valence-electron chi connectivity index (χ1n) is 9.60. The van der Waals surface area contributed by atoms with E-state index in [4.69, 9.17) is 11.0 Å². The number of rotatable bonds is 4. The van der Waals surface area contributed by atoms with Crippen LogP contribution in [-0.4, -0.2) is 28.4 Å². The van der Waals surface area contributed by atoms with Crippen LogP contribution in [-0.2, 0) is 6.54 Å². The first kappa shape index (κ1) is 19.7. The third-order valence-corrected chi connectivity index (χ3v) is 6.48. The highest BCUT2D eigenvalue weighted by Gasteiger charge is 2.37. The summed E-state index contributed by atoms with van der Waals surface area (Å²) >= 11 is 1.43. The van der Waals surface area contributed by atoms with E-state index in [9.17, 15) is 4.39 Å². The Bertz CT molecular complexity index is 1070. The van der Waals surface area contributed by atoms with Crippen molar-refractivity contribution in [3.05, 3.63) is 65.6 Å². The first-order valence-corrected chi connectivity index (χ1v) is 10.4. The van der Waals surface area contributed by atoms with Crippen LogP contribution in [0.3, 0.4) is 0 Å². The summed E-state index contributed by atoms with van der Waals surface area (Å²) in [6.07, 6.45) is 1.79. The number of halogens is 1. The molecule has 2 heterocycles. The standard InChI is InChI=1S/C23H23FN4S/c1-23(2)14-28(13-21(23)26)12-17-4-3-5-18(22(17)20-8-9-27-29-20)15-6-7-16(11-25)19(24)10-15/h3-10,21H,12-14,26H2,1-2H3/t21-/m0/s1. The van der Waals surface area contributed by atoms with Crippen molar-refractivity contribution in [2.24, 2.45) is 11.1 Å². The minimum atomic E-state index is -0.502. The third kappa shape index (κ3) is 3.82. The zero-order valence-electron chi connectivity index (χ0n) is 16.5. The lowest BCUT2D eigenvalue weighted by Crippen LogP contribution is -2.35. The molecule has 1 aliphatic heterocycles. The van der Waals surface area contributed by atoms with E-state index in [1.54, 1.807) is 12.3 Å². The molecule has 2 N–H and O–H groups in total. The SMILES string of the molecule is CC1(C)CN(Cc2cccc(-c3ccc(C#N)c(F)c3)c2-c2ccns2)C[C@@H]1N. The Morgan fingerprint density at radius 1 is 1.31 bits per heavy atom. The molecule has 0 aliphatic carbocycles. The van der Waals surface area contributed by atoms with E-state index in [1.165, 1.54) is 29.2 Å². The van der Waals surface area contributed by atoms with Gasteiger partial charge in [0.05, 0.1) is 10.4 Å². The van der Waals surface area contributed by atoms with Gasteiger partial charge in [0.15, 0.2) is 0 Å². The van der Waals surface area contributed by atoms with Crippen LogP contribution in [0.1, 0.15) is 25.0 Å². The minimum absolute atomic E-state index is 0.0533. The highest BCUT2D eigenvalue weighted by molar-refractivity contribution is 7.09. The van der Waals surface area contributed by atoms with Gasteiger partial charge in [0.2, 0.25) is 0 Å². The predicted molar refractivity (Wildman–Crippen MR) is 115 cm³/mol. The number of nitrogens with two attached hydrogens (primary N) is 1. The van der Waals surface area contributed by atoms with Crippen molar-refractivity contribution in [2.45, 2.75) is 26.4 Å². The summed E-state index contributed by atoms with van der Waals surface area (Å²) in [6, 6.07) is 14.9. The predicted octanol–water partition coefficient (Wildman–Crippen LogP) is 4.66. The maximum absolute atomic E-state index is 14.3. The van der Waals surface area contributed by atoms with Crippen LogP contribution in [0.2, 0.25) is 0 Å². The van der Waals surface area contributed by atoms with Gasteiger partial charge in [-0.1, -0.05) is 38.1 Å². The van der Waals surface area contributed by atoms with Crippen LogP contribution in [0.15, 0.2) is 48.7 Å². The second-order valence-corrected chi connectivity index (χ2v) is 9.12. The van der Waals surface area contributed by atoms with Crippen LogP contribution in [0, 0.1) is 22.6 Å². The molecule has 0 bridgehead atoms. The molecule has 29 heavy (non-hydrogen) atoms. The van der Waals surface area contributed by atoms with Gasteiger partial charge >= 0.3 is 0 Å². The number of hydrogen-bond donors (Lipinski definition) is 1. The largest absolute Gasteiger partial charge is 0.326 e. The maximum Gasteiger partial charge on any atom is 0.141 e. The Morgan fingerprint density at radius 3 is 2.76 bits per heavy atom. The van der Waals surface area contributed by atoms with E-state index >= 15 is 0 Å². The van der Waals surface area contributed by atoms with Gasteiger partial charge in [-0.2, -0.15) is 5.26 Å². The van der Waals surface area contributed by atoms with E-state index in [1.807, 2.05) is 24.3 Å². The van der Waals surface area contributed by atoms with E-state index in [-0.39, 0.29) is 17.0 Å². The van der Waals surface area contributed by atoms with Crippen molar-refractivity contribution < 1.29 is 4.39 Å². The van der Waals surface area contributed by atoms with Crippen molar-refractivity contribution in [3.8, 4) is 27.6 Å². The number of hydrogen-bond acceptors (Lipinski definition) is 5. The molecular formula is C23H23FN4S. The Hall–Kier alpha value is -2.59. The van der Waals surface area contributed by atoms with Crippen molar-refractivity contribution in [2.75, 3.05) is 13.1 Å². The number of benzene rings is 2. The molecule has 1 aliphatic rings. The fourth-order valence-electron chi connectivity index (χ4n) is 4.03. The van der Waals surface area contributed by atoms with E-state index in [2.05, 4.69) is 29.2 Å². The normalized spacial score (nSPS) is 18.7. The number of likely N-dealkylation sites (tertiary alicyclic amines) is 1. The van der Waals surface area contributed by atoms with Gasteiger partial charge in [-0.15, -0.1) is 0 Å². The quantitative estimate of drug-likeness (QED) is 0.684. The monoisotopic (exact) mass is 406 g/mol. The zero-order valence-corrected chi connectivity index (χ0v) is 17.3. The lowest BCUT2D eigenvalue weighted by Gasteiger charge is -2.23. The van der Waals surface area contributed by atoms with Gasteiger partial charge in [0, 0.05) is 37.4 Å². The Morgan fingerprint density at radius 2 is 2.14 bits per heavy atom. The van der Waals surface area contributed by atoms with E-state index in [0.717, 1.165) is 41.2 Å². The lowest BCUT2D eigenvalue weighted by molar-refractivity contribution is 0.282. The van der Waals surface area contributed by atoms with Crippen molar-refractivity contribution in [1.82, 2.24) is 9.27 Å². The minimum Gasteiger partial charge on any atom is -0.326 e. The van der Waals surface area contributed by atoms with E-state index in [0.29, 0.717) is 0 Å². The molecule has 1 fully saturated rings. The van der Waals surface area contributed by atoms with Gasteiger partial charge in [-0.3, -0.25) is 4.90 Å². The molecule has 6 heteroatoms. The summed E-state index contributed by atoms with van der Waals surface area (Å²) in [5, 5.41) is 9.04. The summed E-state index contributed by atoms with van der Waals surface area (Å²) < 4.78 is 18.6. The number of aromatic nitrogens is 1. The average molecular weight is 407 g/mol. The van der Waals surface area contributed by atoms with E-state index < -0.39 is 5.82 Å². The second kappa shape index (κ2) is 7.68. The molecule has 0 radical (unpaired) electrons. The summed E-state index contributed by atoms with van der Waals surface area (Å²) in [5.41, 5.74) is 10.4. The summed E-state index contributed by atoms with van der Waals surface area (Å²) in [7, 11) is 0. The molecule has 0 amide bonds. The van der Waals surface area contributed by atoms with Crippen LogP contribution < -0.4 is 5.73 Å². The maximum atomic E-state index is 14.3. The highest BCUT2D eigenvalue weighted by atomic mass is 32.1. The second-order valence-electron chi connectivity index (χ2n) is 8.29. The lowest BCUT2D eigenvalue weighted by atomic mass is 9.89. The summed E-state index contributed by atoms with van der Waals surface area (Å²) in [6.45, 7) is 6.98. The van der Waals surface area contributed by atoms with Gasteiger partial charge in [-0.05, 0) is 51.8 Å². The van der Waals surface area contributed by atoms with Crippen LogP contribution in [0.25, 0.3) is 21.6 Å². The van der Waals surface area contributed by atoms with Crippen LogP contribution in [0.5, 0.6) is 0 Å². The first-order chi connectivity index (χ1) is 13.9.